The van der Waals surface area contributed by atoms with Crippen LogP contribution in [0.4, 0.5) is 5.69 Å². The number of likely N-dealkylation sites (N-methyl/N-ethyl adjacent to an activating group) is 1. The van der Waals surface area contributed by atoms with Gasteiger partial charge in [0.25, 0.3) is 0 Å². The van der Waals surface area contributed by atoms with Gasteiger partial charge in [-0.1, -0.05) is 55.4 Å². The molecule has 1 aromatic carbocycles. The van der Waals surface area contributed by atoms with Crippen molar-refractivity contribution in [3.63, 3.8) is 0 Å². The quantitative estimate of drug-likeness (QED) is 0.286. The Labute approximate surface area is 202 Å². The van der Waals surface area contributed by atoms with Crippen molar-refractivity contribution >= 4 is 5.69 Å². The number of nitrogens with zero attached hydrogens (tertiary/aromatic N) is 2. The van der Waals surface area contributed by atoms with Crippen LogP contribution in [0.3, 0.4) is 0 Å². The van der Waals surface area contributed by atoms with Crippen molar-refractivity contribution in [1.29, 1.82) is 0 Å². The van der Waals surface area contributed by atoms with Gasteiger partial charge in [-0.3, -0.25) is 0 Å². The van der Waals surface area contributed by atoms with Crippen LogP contribution in [0.1, 0.15) is 45.7 Å². The number of allylic oxidation sites excluding steroid dienone is 8. The Morgan fingerprint density at radius 3 is 2.33 bits per heavy atom. The van der Waals surface area contributed by atoms with E-state index in [1.807, 2.05) is 18.2 Å². The molecule has 0 aromatic heterocycles. The van der Waals surface area contributed by atoms with E-state index < -0.39 is 0 Å². The molecular formula is C31H40N2. The molecule has 174 valence electrons. The van der Waals surface area contributed by atoms with Crippen LogP contribution in [0.25, 0.3) is 0 Å². The van der Waals surface area contributed by atoms with Gasteiger partial charge in [-0.15, -0.1) is 0 Å². The lowest BCUT2D eigenvalue weighted by atomic mass is 9.74. The van der Waals surface area contributed by atoms with Gasteiger partial charge in [0, 0.05) is 43.0 Å². The van der Waals surface area contributed by atoms with E-state index in [0.717, 1.165) is 43.9 Å². The van der Waals surface area contributed by atoms with Gasteiger partial charge in [0.05, 0.1) is 0 Å². The van der Waals surface area contributed by atoms with Crippen molar-refractivity contribution in [3.05, 3.63) is 102 Å². The van der Waals surface area contributed by atoms with Crippen LogP contribution in [0.2, 0.25) is 0 Å². The molecular weight excluding hydrogens is 400 g/mol. The molecule has 0 heterocycles. The van der Waals surface area contributed by atoms with Gasteiger partial charge >= 0.3 is 0 Å². The van der Waals surface area contributed by atoms with E-state index in [9.17, 15) is 0 Å². The minimum absolute atomic E-state index is 0.282. The molecule has 1 atom stereocenters. The monoisotopic (exact) mass is 440 g/mol. The number of fused-ring (bicyclic) bond motifs is 1. The number of benzene rings is 1. The Bertz CT molecular complexity index is 1020. The number of hydrogen-bond acceptors (Lipinski definition) is 2. The first-order valence-corrected chi connectivity index (χ1v) is 12.1. The molecule has 0 N–H and O–H groups in total. The zero-order valence-corrected chi connectivity index (χ0v) is 21.2. The Morgan fingerprint density at radius 1 is 1.06 bits per heavy atom. The second-order valence-electron chi connectivity index (χ2n) is 8.33. The SMILES string of the molecule is C=CC#C/C=C\C(=C)C1(C)/C(=C/C=C(\C=C)N(CC)CC)Cc2cc(N(CC)CC)ccc21. The number of hydrogen-bond donors (Lipinski definition) is 0. The summed E-state index contributed by atoms with van der Waals surface area (Å²) in [6.45, 7) is 27.2. The minimum Gasteiger partial charge on any atom is -0.372 e. The molecule has 0 bridgehead atoms. The van der Waals surface area contributed by atoms with Crippen LogP contribution in [0.15, 0.2) is 91.2 Å². The lowest BCUT2D eigenvalue weighted by molar-refractivity contribution is 0.395. The van der Waals surface area contributed by atoms with Crippen LogP contribution in [0.5, 0.6) is 0 Å². The molecule has 1 unspecified atom stereocenters. The van der Waals surface area contributed by atoms with E-state index >= 15 is 0 Å². The first kappa shape index (κ1) is 26.1. The smallest absolute Gasteiger partial charge is 0.0386 e. The first-order valence-electron chi connectivity index (χ1n) is 12.1. The molecule has 0 fully saturated rings. The van der Waals surface area contributed by atoms with Gasteiger partial charge in [-0.2, -0.15) is 0 Å². The summed E-state index contributed by atoms with van der Waals surface area (Å²) in [5, 5.41) is 0. The molecule has 1 aromatic rings. The largest absolute Gasteiger partial charge is 0.372 e. The summed E-state index contributed by atoms with van der Waals surface area (Å²) in [5.74, 6) is 5.89. The molecule has 33 heavy (non-hydrogen) atoms. The van der Waals surface area contributed by atoms with Crippen molar-refractivity contribution in [2.45, 2.75) is 46.5 Å². The third kappa shape index (κ3) is 5.60. The summed E-state index contributed by atoms with van der Waals surface area (Å²) in [4.78, 5) is 4.72. The van der Waals surface area contributed by atoms with E-state index in [0.29, 0.717) is 0 Å². The molecule has 2 rings (SSSR count). The van der Waals surface area contributed by atoms with Crippen LogP contribution < -0.4 is 4.90 Å². The minimum atomic E-state index is -0.282. The fourth-order valence-corrected chi connectivity index (χ4v) is 4.65. The fraction of sp³-hybridized carbons (Fsp3) is 0.355. The van der Waals surface area contributed by atoms with Crippen molar-refractivity contribution in [3.8, 4) is 11.8 Å². The van der Waals surface area contributed by atoms with E-state index in [-0.39, 0.29) is 5.41 Å². The Balaban J connectivity index is 2.61. The van der Waals surface area contributed by atoms with Crippen LogP contribution in [-0.4, -0.2) is 31.1 Å². The molecule has 0 amide bonds. The highest BCUT2D eigenvalue weighted by atomic mass is 15.1. The van der Waals surface area contributed by atoms with Crippen LogP contribution in [-0.2, 0) is 11.8 Å². The highest BCUT2D eigenvalue weighted by Gasteiger charge is 2.40. The molecule has 1 aliphatic rings. The van der Waals surface area contributed by atoms with Gasteiger partial charge in [-0.25, -0.2) is 0 Å². The zero-order chi connectivity index (χ0) is 24.4. The summed E-state index contributed by atoms with van der Waals surface area (Å²) in [7, 11) is 0. The second kappa shape index (κ2) is 12.2. The predicted octanol–water partition coefficient (Wildman–Crippen LogP) is 6.99. The molecule has 1 aliphatic carbocycles. The lowest BCUT2D eigenvalue weighted by Crippen LogP contribution is -2.24. The highest BCUT2D eigenvalue weighted by Crippen LogP contribution is 2.48. The van der Waals surface area contributed by atoms with Gasteiger partial charge in [0.2, 0.25) is 0 Å². The maximum absolute atomic E-state index is 4.48. The van der Waals surface area contributed by atoms with Gasteiger partial charge in [0.1, 0.15) is 0 Å². The molecule has 0 spiro atoms. The molecule has 0 radical (unpaired) electrons. The van der Waals surface area contributed by atoms with Gasteiger partial charge < -0.3 is 9.80 Å². The molecule has 2 nitrogen and oxygen atoms in total. The summed E-state index contributed by atoms with van der Waals surface area (Å²) in [5.41, 5.74) is 7.22. The van der Waals surface area contributed by atoms with Crippen LogP contribution in [0, 0.1) is 11.8 Å². The second-order valence-corrected chi connectivity index (χ2v) is 8.33. The topological polar surface area (TPSA) is 6.48 Å². The summed E-state index contributed by atoms with van der Waals surface area (Å²) >= 11 is 0. The average Bonchev–Trinajstić information content (AvgIpc) is 3.12. The summed E-state index contributed by atoms with van der Waals surface area (Å²) in [6.07, 6.45) is 12.9. The Morgan fingerprint density at radius 2 is 1.76 bits per heavy atom. The lowest BCUT2D eigenvalue weighted by Gasteiger charge is -2.30. The molecule has 0 aliphatic heterocycles. The van der Waals surface area contributed by atoms with E-state index in [1.165, 1.54) is 22.4 Å². The van der Waals surface area contributed by atoms with Gasteiger partial charge in [-0.05, 0) is 94.2 Å². The Hall–Kier alpha value is -3.18. The maximum atomic E-state index is 4.48. The highest BCUT2D eigenvalue weighted by molar-refractivity contribution is 5.64. The normalized spacial score (nSPS) is 18.6. The maximum Gasteiger partial charge on any atom is 0.0386 e. The summed E-state index contributed by atoms with van der Waals surface area (Å²) in [6, 6.07) is 6.90. The standard InChI is InChI=1S/C31H40N2/c1-9-15-16-17-18-25(7)31(8)27(19-20-28(10-2)32(11-3)12-4)23-26-24-29(21-22-30(26)31)33(13-5)14-6/h9-10,17-22,24H,1-2,7,11-14,23H2,3-6,8H3/b18-17-,27-19+,28-20+. The zero-order valence-electron chi connectivity index (χ0n) is 21.2. The van der Waals surface area contributed by atoms with E-state index in [1.54, 1.807) is 6.08 Å². The van der Waals surface area contributed by atoms with Crippen molar-refractivity contribution < 1.29 is 0 Å². The molecule has 0 saturated carbocycles. The van der Waals surface area contributed by atoms with E-state index in [2.05, 4.69) is 106 Å². The van der Waals surface area contributed by atoms with Crippen LogP contribution >= 0.6 is 0 Å². The molecule has 2 heteroatoms. The van der Waals surface area contributed by atoms with E-state index in [4.69, 9.17) is 0 Å². The molecule has 0 saturated heterocycles. The van der Waals surface area contributed by atoms with Gasteiger partial charge in [0.15, 0.2) is 0 Å². The third-order valence-corrected chi connectivity index (χ3v) is 6.77. The Kier molecular flexibility index (Phi) is 9.61. The first-order chi connectivity index (χ1) is 15.9. The van der Waals surface area contributed by atoms with Crippen molar-refractivity contribution in [1.82, 2.24) is 4.90 Å². The number of anilines is 1. The van der Waals surface area contributed by atoms with Crippen molar-refractivity contribution in [2.24, 2.45) is 0 Å². The third-order valence-electron chi connectivity index (χ3n) is 6.77. The number of rotatable bonds is 10. The fourth-order valence-electron chi connectivity index (χ4n) is 4.65. The predicted molar refractivity (Wildman–Crippen MR) is 147 cm³/mol. The van der Waals surface area contributed by atoms with Crippen molar-refractivity contribution in [2.75, 3.05) is 31.1 Å². The summed E-state index contributed by atoms with van der Waals surface area (Å²) < 4.78 is 0. The average molecular weight is 441 g/mol.